The number of aryl methyl sites for hydroxylation is 2. The predicted molar refractivity (Wildman–Crippen MR) is 399 cm³/mol. The van der Waals surface area contributed by atoms with Crippen molar-refractivity contribution in [1.82, 2.24) is 0 Å². The van der Waals surface area contributed by atoms with Crippen LogP contribution in [0.2, 0.25) is 25.1 Å². The van der Waals surface area contributed by atoms with Crippen LogP contribution in [0.4, 0.5) is 48.3 Å². The molecule has 0 bridgehead atoms. The number of rotatable bonds is 16. The van der Waals surface area contributed by atoms with Crippen LogP contribution in [-0.2, 0) is 51.4 Å². The van der Waals surface area contributed by atoms with Crippen LogP contribution in [0, 0.1) is 132 Å². The van der Waals surface area contributed by atoms with E-state index in [0.717, 1.165) is 83.7 Å². The Bertz CT molecular complexity index is 3370. The molecule has 0 radical (unpaired) electrons. The lowest BCUT2D eigenvalue weighted by Gasteiger charge is -2.11. The van der Waals surface area contributed by atoms with Crippen LogP contribution in [0.25, 0.3) is 0 Å². The molecule has 0 saturated heterocycles. The number of benzene rings is 8. The van der Waals surface area contributed by atoms with Gasteiger partial charge in [0.1, 0.15) is 46.5 Å². The fourth-order valence-corrected chi connectivity index (χ4v) is 11.0. The maximum Gasteiger partial charge on any atom is 0.195 e. The second-order valence-corrected chi connectivity index (χ2v) is 30.2. The summed E-state index contributed by atoms with van der Waals surface area (Å²) >= 11 is 28.9. The second kappa shape index (κ2) is 46.9. The molecule has 546 valence electrons. The van der Waals surface area contributed by atoms with Gasteiger partial charge in [-0.2, -0.15) is 0 Å². The fourth-order valence-electron chi connectivity index (χ4n) is 9.88. The Hall–Kier alpha value is -5.56. The summed E-state index contributed by atoms with van der Waals surface area (Å²) in [4.78, 5) is 0. The molecule has 0 aliphatic heterocycles. The molecule has 0 saturated carbocycles. The molecule has 0 heterocycles. The highest BCUT2D eigenvalue weighted by Gasteiger charge is 2.23. The highest BCUT2D eigenvalue weighted by atomic mass is 35.5. The summed E-state index contributed by atoms with van der Waals surface area (Å²) in [7, 11) is 0. The van der Waals surface area contributed by atoms with Gasteiger partial charge in [0.15, 0.2) is 17.5 Å². The van der Waals surface area contributed by atoms with Crippen molar-refractivity contribution in [3.8, 4) is 0 Å². The number of hydrogen-bond donors (Lipinski definition) is 0. The van der Waals surface area contributed by atoms with E-state index in [4.69, 9.17) is 58.0 Å². The van der Waals surface area contributed by atoms with Gasteiger partial charge in [-0.25, -0.2) is 48.3 Å². The van der Waals surface area contributed by atoms with E-state index in [-0.39, 0.29) is 64.1 Å². The number of halogens is 16. The van der Waals surface area contributed by atoms with Gasteiger partial charge in [-0.3, -0.25) is 0 Å². The third-order valence-corrected chi connectivity index (χ3v) is 15.3. The summed E-state index contributed by atoms with van der Waals surface area (Å²) in [6, 6.07) is 35.2. The normalized spacial score (nSPS) is 10.8. The Balaban J connectivity index is 0.000000567. The molecule has 16 heteroatoms. The van der Waals surface area contributed by atoms with E-state index >= 15 is 0 Å². The van der Waals surface area contributed by atoms with Crippen LogP contribution >= 0.6 is 58.0 Å². The highest BCUT2D eigenvalue weighted by molar-refractivity contribution is 6.36. The second-order valence-electron chi connectivity index (χ2n) is 28.1. The van der Waals surface area contributed by atoms with E-state index < -0.39 is 46.3 Å². The van der Waals surface area contributed by atoms with Crippen molar-refractivity contribution in [2.24, 2.45) is 47.3 Å². The summed E-state index contributed by atoms with van der Waals surface area (Å²) in [6.07, 6.45) is 6.25. The molecule has 8 rings (SSSR count). The molecule has 0 aliphatic carbocycles. The molecule has 0 N–H and O–H groups in total. The van der Waals surface area contributed by atoms with Gasteiger partial charge < -0.3 is 0 Å². The van der Waals surface area contributed by atoms with Gasteiger partial charge in [0.05, 0.1) is 5.02 Å². The van der Waals surface area contributed by atoms with Gasteiger partial charge in [0, 0.05) is 48.9 Å². The molecular weight excluding hydrogens is 1380 g/mol. The van der Waals surface area contributed by atoms with Crippen LogP contribution < -0.4 is 0 Å². The zero-order valence-corrected chi connectivity index (χ0v) is 64.7. The quantitative estimate of drug-likeness (QED) is 0.0514. The molecule has 0 nitrogen and oxygen atoms in total. The monoisotopic (exact) mass is 1480 g/mol. The minimum Gasteiger partial charge on any atom is -0.207 e. The first-order valence-corrected chi connectivity index (χ1v) is 35.4. The first-order chi connectivity index (χ1) is 46.0. The first kappa shape index (κ1) is 91.5. The maximum absolute atomic E-state index is 13.4. The van der Waals surface area contributed by atoms with Crippen LogP contribution in [0.1, 0.15) is 172 Å². The molecule has 99 heavy (non-hydrogen) atoms. The first-order valence-electron chi connectivity index (χ1n) is 33.5. The molecule has 0 aromatic heterocycles. The van der Waals surface area contributed by atoms with Gasteiger partial charge >= 0.3 is 0 Å². The third kappa shape index (κ3) is 38.9. The lowest BCUT2D eigenvalue weighted by atomic mass is 9.99. The van der Waals surface area contributed by atoms with Gasteiger partial charge in [-0.15, -0.1) is 0 Å². The minimum absolute atomic E-state index is 0.0294. The standard InChI is InChI=1S/C11H15Cl.C11H12F4.C11H15F.C10H11Cl2F.C10H12ClF.C10H13Cl.C10H11F3.C10H13F/c1-8(2)4-10-5-9(3)6-11(12)7-10;1-5(2)4-7-8(12)6(3)9(13)11(15)10(7)14;1-8(2)4-10-5-9(3)6-11(12)7-10;1-6(2)3-8-9(11)4-7(13)5-10(8)12;1-7(2)5-8-3-4-9(11)10(12)6-8;1-8(2)7-9-3-5-10(11)6-4-9;1-6(2)3-8-9(12)4-7(11)5-10(8)13;1-8(2)7-9-3-5-10(11)6-4-9/h5-8H,4H2,1-3H3;5H,4H2,1-3H3;5-8H,4H2,1-3H3;4-6H,3H2,1-2H3;3-4,6-7H,5H2,1-2H3;3-6,8H,7H2,1-2H3;4-6H,3H2,1-2H3;3-6,8H,7H2,1-2H3. The largest absolute Gasteiger partial charge is 0.207 e. The predicted octanol–water partition coefficient (Wildman–Crippen LogP) is 28.8. The van der Waals surface area contributed by atoms with Crippen molar-refractivity contribution in [3.63, 3.8) is 0 Å². The van der Waals surface area contributed by atoms with Crippen LogP contribution in [0.5, 0.6) is 0 Å². The Morgan fingerprint density at radius 3 is 1.01 bits per heavy atom. The minimum atomic E-state index is -1.59. The zero-order valence-electron chi connectivity index (χ0n) is 60.9. The average molecular weight is 1490 g/mol. The average Bonchev–Trinajstić information content (AvgIpc) is 0.800. The van der Waals surface area contributed by atoms with E-state index in [1.54, 1.807) is 32.0 Å². The molecule has 0 atom stereocenters. The zero-order chi connectivity index (χ0) is 75.7. The van der Waals surface area contributed by atoms with Crippen LogP contribution in [0.15, 0.2) is 127 Å². The molecule has 0 unspecified atom stereocenters. The molecular formula is C83H102Cl5F11. The lowest BCUT2D eigenvalue weighted by Crippen LogP contribution is -2.08. The van der Waals surface area contributed by atoms with Crippen molar-refractivity contribution in [3.05, 3.63) is 278 Å². The molecule has 0 fully saturated rings. The van der Waals surface area contributed by atoms with Crippen molar-refractivity contribution in [1.29, 1.82) is 0 Å². The molecule has 8 aromatic carbocycles. The van der Waals surface area contributed by atoms with E-state index in [1.807, 2.05) is 63.2 Å². The highest BCUT2D eigenvalue weighted by Crippen LogP contribution is 2.30. The van der Waals surface area contributed by atoms with Gasteiger partial charge in [0.2, 0.25) is 0 Å². The fraction of sp³-hybridized carbons (Fsp3) is 0.422. The Kier molecular flexibility index (Phi) is 43.3. The summed E-state index contributed by atoms with van der Waals surface area (Å²) in [5, 5.41) is 2.70. The molecule has 0 aliphatic rings. The molecule has 8 aromatic rings. The Labute approximate surface area is 610 Å². The van der Waals surface area contributed by atoms with Crippen molar-refractivity contribution in [2.45, 2.75) is 183 Å². The molecule has 0 spiro atoms. The van der Waals surface area contributed by atoms with Crippen molar-refractivity contribution in [2.75, 3.05) is 0 Å². The summed E-state index contributed by atoms with van der Waals surface area (Å²) in [5.74, 6) is -5.13. The summed E-state index contributed by atoms with van der Waals surface area (Å²) in [6.45, 7) is 38.1. The Morgan fingerprint density at radius 1 is 0.242 bits per heavy atom. The van der Waals surface area contributed by atoms with Crippen LogP contribution in [0.3, 0.4) is 0 Å². The molecule has 0 amide bonds. The van der Waals surface area contributed by atoms with Gasteiger partial charge in [0.25, 0.3) is 0 Å². The van der Waals surface area contributed by atoms with E-state index in [1.165, 1.54) is 52.6 Å². The number of hydrogen-bond acceptors (Lipinski definition) is 0. The SMILES string of the molecule is CC(C)Cc1c(Cl)cc(F)cc1Cl.CC(C)Cc1c(F)cc(F)cc1F.CC(C)Cc1ccc(Cl)c(F)c1.CC(C)Cc1ccc(Cl)cc1.CC(C)Cc1ccc(F)cc1.Cc1c(F)c(F)c(F)c(CC(C)C)c1F.Cc1cc(Cl)cc(CC(C)C)c1.Cc1cc(F)cc(CC(C)C)c1. The third-order valence-electron chi connectivity index (χ3n) is 13.9. The van der Waals surface area contributed by atoms with Gasteiger partial charge in [-0.05, 0) is 237 Å². The van der Waals surface area contributed by atoms with Gasteiger partial charge in [-0.1, -0.05) is 211 Å². The van der Waals surface area contributed by atoms with Crippen molar-refractivity contribution < 1.29 is 48.3 Å². The summed E-state index contributed by atoms with van der Waals surface area (Å²) < 4.78 is 142. The van der Waals surface area contributed by atoms with Crippen molar-refractivity contribution >= 4 is 58.0 Å². The topological polar surface area (TPSA) is 0 Å². The van der Waals surface area contributed by atoms with E-state index in [9.17, 15) is 48.3 Å². The lowest BCUT2D eigenvalue weighted by molar-refractivity contribution is 0.413. The van der Waals surface area contributed by atoms with Crippen LogP contribution in [-0.4, -0.2) is 0 Å². The Morgan fingerprint density at radius 2 is 0.596 bits per heavy atom. The van der Waals surface area contributed by atoms with E-state index in [0.29, 0.717) is 51.8 Å². The smallest absolute Gasteiger partial charge is 0.195 e. The maximum atomic E-state index is 13.4. The van der Waals surface area contributed by atoms with E-state index in [2.05, 4.69) is 114 Å². The summed E-state index contributed by atoms with van der Waals surface area (Å²) in [5.41, 5.74) is 8.24.